The Balaban J connectivity index is 2.01. The van der Waals surface area contributed by atoms with Gasteiger partial charge in [-0.1, -0.05) is 66.7 Å². The molecule has 0 saturated heterocycles. The van der Waals surface area contributed by atoms with Gasteiger partial charge >= 0.3 is 21.2 Å². The number of halogens is 1. The van der Waals surface area contributed by atoms with E-state index in [2.05, 4.69) is 91.0 Å². The van der Waals surface area contributed by atoms with Crippen molar-refractivity contribution in [1.29, 1.82) is 0 Å². The normalized spacial score (nSPS) is 22.1. The zero-order valence-electron chi connectivity index (χ0n) is 15.8. The van der Waals surface area contributed by atoms with Gasteiger partial charge in [0.1, 0.15) is 0 Å². The largest absolute Gasteiger partial charge is 0.357 e. The van der Waals surface area contributed by atoms with Crippen LogP contribution in [-0.4, -0.2) is 0 Å². The van der Waals surface area contributed by atoms with Gasteiger partial charge < -0.3 is 0 Å². The van der Waals surface area contributed by atoms with Crippen molar-refractivity contribution in [3.8, 4) is 0 Å². The highest BCUT2D eigenvalue weighted by molar-refractivity contribution is 5.24. The van der Waals surface area contributed by atoms with Gasteiger partial charge in [-0.05, 0) is 58.9 Å². The fraction of sp³-hybridized carbons (Fsp3) is 0.545. The highest BCUT2D eigenvalue weighted by Crippen LogP contribution is 2.39. The van der Waals surface area contributed by atoms with E-state index in [1.54, 1.807) is 3.58 Å². The summed E-state index contributed by atoms with van der Waals surface area (Å²) >= 11 is -0.0458. The Morgan fingerprint density at radius 3 is 2.04 bits per heavy atom. The molecule has 1 atom stereocenters. The summed E-state index contributed by atoms with van der Waals surface area (Å²) in [5.74, 6) is 0. The van der Waals surface area contributed by atoms with Gasteiger partial charge in [0, 0.05) is 0 Å². The monoisotopic (exact) mass is 423 g/mol. The fourth-order valence-corrected chi connectivity index (χ4v) is 5.54. The second kappa shape index (κ2) is 6.74. The van der Waals surface area contributed by atoms with Crippen molar-refractivity contribution in [2.24, 2.45) is 10.8 Å². The first-order chi connectivity index (χ1) is 10.5. The smallest absolute Gasteiger partial charge is 0.0738 e. The van der Waals surface area contributed by atoms with E-state index in [1.807, 2.05) is 0 Å². The van der Waals surface area contributed by atoms with Crippen LogP contribution in [0.2, 0.25) is 0 Å². The summed E-state index contributed by atoms with van der Waals surface area (Å²) in [6, 6.07) is 9.30. The van der Waals surface area contributed by atoms with E-state index in [0.29, 0.717) is 10.8 Å². The Bertz CT molecular complexity index is 590. The molecule has 0 saturated carbocycles. The Morgan fingerprint density at radius 2 is 1.61 bits per heavy atom. The maximum absolute atomic E-state index is 2.50. The van der Waals surface area contributed by atoms with Crippen LogP contribution in [0.5, 0.6) is 0 Å². The van der Waals surface area contributed by atoms with Crippen LogP contribution in [0.15, 0.2) is 46.1 Å². The quantitative estimate of drug-likeness (QED) is 0.653. The van der Waals surface area contributed by atoms with E-state index in [4.69, 9.17) is 0 Å². The third-order valence-electron chi connectivity index (χ3n) is 4.27. The molecule has 126 valence electrons. The predicted molar refractivity (Wildman–Crippen MR) is 97.9 cm³/mol. The molecule has 1 aliphatic carbocycles. The van der Waals surface area contributed by atoms with Gasteiger partial charge in [0.15, 0.2) is 7.15 Å². The molecule has 0 fully saturated rings. The molecule has 1 aliphatic rings. The minimum Gasteiger partial charge on any atom is -0.0738 e. The van der Waals surface area contributed by atoms with Crippen LogP contribution < -0.4 is 21.2 Å². The van der Waals surface area contributed by atoms with Crippen LogP contribution in [0, 0.1) is 14.4 Å². The van der Waals surface area contributed by atoms with Crippen LogP contribution in [-0.2, 0) is 5.41 Å². The van der Waals surface area contributed by atoms with E-state index < -0.39 is 0 Å². The molecule has 0 heterocycles. The van der Waals surface area contributed by atoms with E-state index in [-0.39, 0.29) is 26.6 Å². The Labute approximate surface area is 153 Å². The second-order valence-corrected chi connectivity index (χ2v) is 12.4. The van der Waals surface area contributed by atoms with Crippen molar-refractivity contribution in [1.82, 2.24) is 0 Å². The summed E-state index contributed by atoms with van der Waals surface area (Å²) in [5.41, 5.74) is 2.40. The molecule has 0 spiro atoms. The summed E-state index contributed by atoms with van der Waals surface area (Å²) < 4.78 is 3.09. The lowest BCUT2D eigenvalue weighted by Gasteiger charge is -2.33. The van der Waals surface area contributed by atoms with Crippen molar-refractivity contribution in [3.63, 3.8) is 0 Å². The molecule has 2 rings (SSSR count). The number of hydrogen-bond acceptors (Lipinski definition) is 0. The first kappa shape index (κ1) is 18.8. The molecule has 0 radical (unpaired) electrons. The van der Waals surface area contributed by atoms with E-state index >= 15 is 0 Å². The predicted octanol–water partition coefficient (Wildman–Crippen LogP) is 3.53. The number of rotatable bonds is 3. The lowest BCUT2D eigenvalue weighted by molar-refractivity contribution is -0.572. The second-order valence-electron chi connectivity index (χ2n) is 9.37. The minimum atomic E-state index is -0.0458. The molecule has 0 aliphatic heterocycles. The van der Waals surface area contributed by atoms with E-state index in [9.17, 15) is 0 Å². The molecule has 0 amide bonds. The van der Waals surface area contributed by atoms with Gasteiger partial charge in [-0.2, -0.15) is 0 Å². The minimum absolute atomic E-state index is 0.0458. The van der Waals surface area contributed by atoms with Crippen molar-refractivity contribution < 1.29 is 21.2 Å². The average Bonchev–Trinajstić information content (AvgIpc) is 2.39. The third kappa shape index (κ3) is 5.77. The van der Waals surface area contributed by atoms with Crippen LogP contribution >= 0.6 is 0 Å². The molecule has 0 N–H and O–H groups in total. The van der Waals surface area contributed by atoms with Gasteiger partial charge in [0.25, 0.3) is 0 Å². The lowest BCUT2D eigenvalue weighted by Crippen LogP contribution is -3.60. The summed E-state index contributed by atoms with van der Waals surface area (Å²) in [4.78, 5) is 0. The molecular formula is C22H32I+. The van der Waals surface area contributed by atoms with Gasteiger partial charge in [-0.25, -0.2) is 0 Å². The van der Waals surface area contributed by atoms with Gasteiger partial charge in [-0.15, -0.1) is 0 Å². The summed E-state index contributed by atoms with van der Waals surface area (Å²) in [6.07, 6.45) is 9.81. The standard InChI is InChI=1S/C22H32I/c1-20(2,3)16-22(7)14-12-19(13-15-22)23-18-10-8-17(9-11-18)21(4,5)6/h8-14H,15-16H2,1-7H3/q+1/t22-/m0/s1. The van der Waals surface area contributed by atoms with Gasteiger partial charge in [0.05, 0.1) is 0 Å². The van der Waals surface area contributed by atoms with Gasteiger partial charge in [0.2, 0.25) is 0 Å². The lowest BCUT2D eigenvalue weighted by atomic mass is 9.72. The van der Waals surface area contributed by atoms with E-state index in [0.717, 1.165) is 0 Å². The van der Waals surface area contributed by atoms with Crippen LogP contribution in [0.4, 0.5) is 0 Å². The molecule has 23 heavy (non-hydrogen) atoms. The maximum Gasteiger partial charge on any atom is 0.357 e. The van der Waals surface area contributed by atoms with Crippen molar-refractivity contribution >= 4 is 0 Å². The van der Waals surface area contributed by atoms with Crippen LogP contribution in [0.1, 0.15) is 66.9 Å². The Hall–Kier alpha value is -0.570. The highest BCUT2D eigenvalue weighted by atomic mass is 127. The molecule has 1 aromatic carbocycles. The summed E-state index contributed by atoms with van der Waals surface area (Å²) in [6.45, 7) is 16.3. The third-order valence-corrected chi connectivity index (χ3v) is 7.04. The molecule has 0 bridgehead atoms. The first-order valence-corrected chi connectivity index (χ1v) is 10.8. The Morgan fingerprint density at radius 1 is 1.00 bits per heavy atom. The molecule has 1 aromatic rings. The summed E-state index contributed by atoms with van der Waals surface area (Å²) in [7, 11) is 0. The first-order valence-electron chi connectivity index (χ1n) is 8.62. The Kier molecular flexibility index (Phi) is 5.50. The maximum atomic E-state index is 2.50. The fourth-order valence-electron chi connectivity index (χ4n) is 3.30. The molecule has 0 unspecified atom stereocenters. The number of benzene rings is 1. The zero-order chi connectivity index (χ0) is 17.3. The summed E-state index contributed by atoms with van der Waals surface area (Å²) in [5, 5.41) is 0. The average molecular weight is 423 g/mol. The molecule has 1 heteroatoms. The van der Waals surface area contributed by atoms with E-state index in [1.165, 1.54) is 22.0 Å². The number of allylic oxidation sites excluding steroid dienone is 4. The van der Waals surface area contributed by atoms with Crippen LogP contribution in [0.3, 0.4) is 0 Å². The van der Waals surface area contributed by atoms with Crippen LogP contribution in [0.25, 0.3) is 0 Å². The number of hydrogen-bond donors (Lipinski definition) is 0. The van der Waals surface area contributed by atoms with Crippen molar-refractivity contribution in [2.75, 3.05) is 0 Å². The topological polar surface area (TPSA) is 0 Å². The SMILES string of the molecule is CC(C)(C)C[C@@]1(C)C=CC([I+]c2ccc(C(C)(C)C)cc2)=CC1. The molecule has 0 nitrogen and oxygen atoms in total. The van der Waals surface area contributed by atoms with Crippen molar-refractivity contribution in [3.05, 3.63) is 55.2 Å². The molecular weight excluding hydrogens is 391 g/mol. The molecule has 0 aromatic heterocycles. The van der Waals surface area contributed by atoms with Crippen molar-refractivity contribution in [2.45, 2.75) is 66.7 Å². The van der Waals surface area contributed by atoms with Gasteiger partial charge in [-0.3, -0.25) is 0 Å². The highest BCUT2D eigenvalue weighted by Gasteiger charge is 2.31. The zero-order valence-corrected chi connectivity index (χ0v) is 18.0.